The second-order valence-electron chi connectivity index (χ2n) is 4.40. The molecule has 0 unspecified atom stereocenters. The zero-order valence-electron chi connectivity index (χ0n) is 10.7. The molecule has 0 aliphatic carbocycles. The molecule has 0 N–H and O–H groups in total. The lowest BCUT2D eigenvalue weighted by Crippen LogP contribution is -2.25. The maximum atomic E-state index is 5.83. The zero-order valence-corrected chi connectivity index (χ0v) is 11.5. The predicted octanol–water partition coefficient (Wildman–Crippen LogP) is 4.46. The molecule has 0 spiro atoms. The highest BCUT2D eigenvalue weighted by atomic mass is 35.5. The van der Waals surface area contributed by atoms with Crippen LogP contribution in [0.15, 0.2) is 54.6 Å². The fourth-order valence-corrected chi connectivity index (χ4v) is 2.25. The highest BCUT2D eigenvalue weighted by molar-refractivity contribution is 6.19. The first-order valence-corrected chi connectivity index (χ1v) is 6.75. The highest BCUT2D eigenvalue weighted by Crippen LogP contribution is 2.27. The highest BCUT2D eigenvalue weighted by Gasteiger charge is 2.08. The van der Waals surface area contributed by atoms with Crippen molar-refractivity contribution in [3.8, 4) is 0 Å². The molecule has 0 aliphatic rings. The van der Waals surface area contributed by atoms with Gasteiger partial charge in [-0.15, -0.1) is 11.6 Å². The van der Waals surface area contributed by atoms with Crippen molar-refractivity contribution in [2.75, 3.05) is 23.9 Å². The normalized spacial score (nSPS) is 10.6. The van der Waals surface area contributed by atoms with E-state index in [0.717, 1.165) is 18.7 Å². The van der Waals surface area contributed by atoms with Crippen LogP contribution in [-0.4, -0.2) is 19.0 Å². The van der Waals surface area contributed by atoms with Gasteiger partial charge in [0.05, 0.1) is 0 Å². The van der Waals surface area contributed by atoms with Gasteiger partial charge in [0.15, 0.2) is 0 Å². The number of nitrogens with zero attached hydrogens (tertiary/aromatic N) is 1. The molecule has 0 aromatic heterocycles. The Morgan fingerprint density at radius 1 is 1.17 bits per heavy atom. The summed E-state index contributed by atoms with van der Waals surface area (Å²) in [4.78, 5) is 2.31. The van der Waals surface area contributed by atoms with Crippen molar-refractivity contribution < 1.29 is 0 Å². The van der Waals surface area contributed by atoms with E-state index in [1.165, 1.54) is 16.5 Å². The lowest BCUT2D eigenvalue weighted by molar-refractivity contribution is 0.886. The third-order valence-electron chi connectivity index (χ3n) is 3.09. The van der Waals surface area contributed by atoms with Crippen LogP contribution < -0.4 is 4.90 Å². The molecule has 94 valence electrons. The van der Waals surface area contributed by atoms with E-state index >= 15 is 0 Å². The van der Waals surface area contributed by atoms with E-state index in [-0.39, 0.29) is 0 Å². The van der Waals surface area contributed by atoms with E-state index in [9.17, 15) is 0 Å². The third kappa shape index (κ3) is 2.68. The van der Waals surface area contributed by atoms with E-state index in [2.05, 4.69) is 60.9 Å². The number of likely N-dealkylation sites (N-methyl/N-ethyl adjacent to an activating group) is 1. The summed E-state index contributed by atoms with van der Waals surface area (Å²) in [5.74, 6) is 0.515. The number of halogens is 1. The number of hydrogen-bond acceptors (Lipinski definition) is 1. The number of alkyl halides is 1. The van der Waals surface area contributed by atoms with Crippen LogP contribution in [0, 0.1) is 0 Å². The van der Waals surface area contributed by atoms with Crippen molar-refractivity contribution in [2.45, 2.75) is 6.92 Å². The lowest BCUT2D eigenvalue weighted by Gasteiger charge is -2.25. The Kier molecular flexibility index (Phi) is 4.27. The maximum absolute atomic E-state index is 5.83. The molecule has 0 saturated heterocycles. The molecule has 2 aromatic carbocycles. The van der Waals surface area contributed by atoms with Gasteiger partial charge in [-0.25, -0.2) is 0 Å². The first kappa shape index (κ1) is 13.0. The SMILES string of the molecule is C=C(CCl)CN(CC)c1cccc2ccccc12. The van der Waals surface area contributed by atoms with E-state index in [1.54, 1.807) is 0 Å². The van der Waals surface area contributed by atoms with Gasteiger partial charge in [-0.05, 0) is 23.9 Å². The first-order chi connectivity index (χ1) is 8.76. The summed E-state index contributed by atoms with van der Waals surface area (Å²) in [5, 5.41) is 2.55. The number of rotatable bonds is 5. The Balaban J connectivity index is 2.41. The fourth-order valence-electron chi connectivity index (χ4n) is 2.16. The number of fused-ring (bicyclic) bond motifs is 1. The van der Waals surface area contributed by atoms with Crippen LogP contribution in [0.3, 0.4) is 0 Å². The number of anilines is 1. The Hall–Kier alpha value is -1.47. The Bertz CT molecular complexity index is 542. The van der Waals surface area contributed by atoms with Crippen LogP contribution in [0.4, 0.5) is 5.69 Å². The van der Waals surface area contributed by atoms with Crippen molar-refractivity contribution in [3.05, 3.63) is 54.6 Å². The van der Waals surface area contributed by atoms with Crippen molar-refractivity contribution in [3.63, 3.8) is 0 Å². The Labute approximate surface area is 114 Å². The van der Waals surface area contributed by atoms with Gasteiger partial charge in [0.25, 0.3) is 0 Å². The maximum Gasteiger partial charge on any atom is 0.0448 e. The van der Waals surface area contributed by atoms with Crippen LogP contribution >= 0.6 is 11.6 Å². The monoisotopic (exact) mass is 259 g/mol. The van der Waals surface area contributed by atoms with Crippen molar-refractivity contribution in [2.24, 2.45) is 0 Å². The molecular weight excluding hydrogens is 242 g/mol. The van der Waals surface area contributed by atoms with Gasteiger partial charge < -0.3 is 4.90 Å². The topological polar surface area (TPSA) is 3.24 Å². The van der Waals surface area contributed by atoms with Gasteiger partial charge in [-0.2, -0.15) is 0 Å². The van der Waals surface area contributed by atoms with Crippen LogP contribution in [0.25, 0.3) is 10.8 Å². The molecule has 0 radical (unpaired) electrons. The molecule has 2 aromatic rings. The molecule has 0 atom stereocenters. The average molecular weight is 260 g/mol. The molecule has 2 heteroatoms. The quantitative estimate of drug-likeness (QED) is 0.566. The molecule has 0 amide bonds. The first-order valence-electron chi connectivity index (χ1n) is 6.21. The van der Waals surface area contributed by atoms with Gasteiger partial charge in [-0.1, -0.05) is 43.0 Å². The molecule has 18 heavy (non-hydrogen) atoms. The van der Waals surface area contributed by atoms with Gasteiger partial charge in [0.1, 0.15) is 0 Å². The molecule has 1 nitrogen and oxygen atoms in total. The second kappa shape index (κ2) is 5.92. The average Bonchev–Trinajstić information content (AvgIpc) is 2.44. The van der Waals surface area contributed by atoms with E-state index in [4.69, 9.17) is 11.6 Å². The smallest absolute Gasteiger partial charge is 0.0448 e. The zero-order chi connectivity index (χ0) is 13.0. The van der Waals surface area contributed by atoms with Crippen LogP contribution in [-0.2, 0) is 0 Å². The van der Waals surface area contributed by atoms with Crippen molar-refractivity contribution in [1.29, 1.82) is 0 Å². The molecule has 0 aliphatic heterocycles. The fraction of sp³-hybridized carbons (Fsp3) is 0.250. The Morgan fingerprint density at radius 3 is 2.61 bits per heavy atom. The summed E-state index contributed by atoms with van der Waals surface area (Å²) < 4.78 is 0. The third-order valence-corrected chi connectivity index (χ3v) is 3.47. The Morgan fingerprint density at radius 2 is 1.89 bits per heavy atom. The van der Waals surface area contributed by atoms with Crippen LogP contribution in [0.1, 0.15) is 6.92 Å². The summed E-state index contributed by atoms with van der Waals surface area (Å²) in [7, 11) is 0. The van der Waals surface area contributed by atoms with Crippen LogP contribution in [0.5, 0.6) is 0 Å². The van der Waals surface area contributed by atoms with Crippen molar-refractivity contribution in [1.82, 2.24) is 0 Å². The molecule has 0 bridgehead atoms. The number of hydrogen-bond donors (Lipinski definition) is 0. The van der Waals surface area contributed by atoms with E-state index in [0.29, 0.717) is 5.88 Å². The summed E-state index contributed by atoms with van der Waals surface area (Å²) in [6, 6.07) is 14.9. The summed E-state index contributed by atoms with van der Waals surface area (Å²) in [6.07, 6.45) is 0. The van der Waals surface area contributed by atoms with Crippen molar-refractivity contribution >= 4 is 28.1 Å². The minimum atomic E-state index is 0.515. The van der Waals surface area contributed by atoms with E-state index < -0.39 is 0 Å². The van der Waals surface area contributed by atoms with Gasteiger partial charge in [-0.3, -0.25) is 0 Å². The largest absolute Gasteiger partial charge is 0.367 e. The number of benzene rings is 2. The van der Waals surface area contributed by atoms with Gasteiger partial charge in [0.2, 0.25) is 0 Å². The molecule has 0 saturated carbocycles. The minimum absolute atomic E-state index is 0.515. The lowest BCUT2D eigenvalue weighted by atomic mass is 10.1. The van der Waals surface area contributed by atoms with Gasteiger partial charge in [0, 0.05) is 30.0 Å². The molecular formula is C16H18ClN. The summed E-state index contributed by atoms with van der Waals surface area (Å²) in [5.41, 5.74) is 2.30. The summed E-state index contributed by atoms with van der Waals surface area (Å²) >= 11 is 5.83. The summed E-state index contributed by atoms with van der Waals surface area (Å²) in [6.45, 7) is 7.91. The molecule has 0 fully saturated rings. The molecule has 2 rings (SSSR count). The second-order valence-corrected chi connectivity index (χ2v) is 4.66. The predicted molar refractivity (Wildman–Crippen MR) is 81.7 cm³/mol. The minimum Gasteiger partial charge on any atom is -0.367 e. The van der Waals surface area contributed by atoms with E-state index in [1.807, 2.05) is 0 Å². The van der Waals surface area contributed by atoms with Gasteiger partial charge >= 0.3 is 0 Å². The van der Waals surface area contributed by atoms with Crippen LogP contribution in [0.2, 0.25) is 0 Å². The standard InChI is InChI=1S/C16H18ClN/c1-3-18(12-13(2)11-17)16-10-6-8-14-7-4-5-9-15(14)16/h4-10H,2-3,11-12H2,1H3. The molecule has 0 heterocycles.